The van der Waals surface area contributed by atoms with E-state index in [0.29, 0.717) is 5.56 Å². The second-order valence-electron chi connectivity index (χ2n) is 4.59. The minimum absolute atomic E-state index is 0.0657. The molecule has 0 heterocycles. The average molecular weight is 292 g/mol. The zero-order valence-electron chi connectivity index (χ0n) is 11.1. The molecule has 0 radical (unpaired) electrons. The molecule has 0 unspecified atom stereocenters. The van der Waals surface area contributed by atoms with Gasteiger partial charge in [-0.15, -0.1) is 0 Å². The Hall–Kier alpha value is -2.01. The third-order valence-corrected chi connectivity index (χ3v) is 4.07. The van der Waals surface area contributed by atoms with Crippen molar-refractivity contribution in [2.24, 2.45) is 0 Å². The number of hydrogen-bond acceptors (Lipinski definition) is 3. The summed E-state index contributed by atoms with van der Waals surface area (Å²) in [7, 11) is -3.38. The Bertz CT molecular complexity index is 779. The number of aryl methyl sites for hydroxylation is 1. The summed E-state index contributed by atoms with van der Waals surface area (Å²) in [6.45, 7) is 1.61. The van der Waals surface area contributed by atoms with Gasteiger partial charge < -0.3 is 0 Å². The van der Waals surface area contributed by atoms with E-state index in [-0.39, 0.29) is 16.0 Å². The number of carbonyl (C=O) groups excluding carboxylic acids is 1. The van der Waals surface area contributed by atoms with Gasteiger partial charge in [0, 0.05) is 17.4 Å². The first-order valence-electron chi connectivity index (χ1n) is 5.90. The first-order chi connectivity index (χ1) is 9.29. The zero-order chi connectivity index (χ0) is 14.9. The quantitative estimate of drug-likeness (QED) is 0.817. The second kappa shape index (κ2) is 5.17. The van der Waals surface area contributed by atoms with Crippen molar-refractivity contribution in [3.63, 3.8) is 0 Å². The Labute approximate surface area is 117 Å². The molecule has 0 saturated heterocycles. The van der Waals surface area contributed by atoms with Crippen molar-refractivity contribution in [2.45, 2.75) is 11.8 Å². The normalized spacial score (nSPS) is 11.3. The predicted octanol–water partition coefficient (Wildman–Crippen LogP) is 2.77. The third kappa shape index (κ3) is 2.93. The van der Waals surface area contributed by atoms with Crippen LogP contribution < -0.4 is 0 Å². The van der Waals surface area contributed by atoms with Crippen LogP contribution in [-0.2, 0) is 9.84 Å². The smallest absolute Gasteiger partial charge is 0.193 e. The van der Waals surface area contributed by atoms with Gasteiger partial charge in [0.25, 0.3) is 0 Å². The zero-order valence-corrected chi connectivity index (χ0v) is 11.9. The molecule has 0 fully saturated rings. The molecule has 0 aliphatic carbocycles. The molecule has 0 aliphatic heterocycles. The molecule has 20 heavy (non-hydrogen) atoms. The number of rotatable bonds is 3. The molecule has 0 bridgehead atoms. The van der Waals surface area contributed by atoms with Crippen molar-refractivity contribution in [1.82, 2.24) is 0 Å². The Morgan fingerprint density at radius 2 is 1.70 bits per heavy atom. The van der Waals surface area contributed by atoms with E-state index in [9.17, 15) is 17.6 Å². The van der Waals surface area contributed by atoms with Gasteiger partial charge in [0.15, 0.2) is 15.6 Å². The lowest BCUT2D eigenvalue weighted by Crippen LogP contribution is -2.05. The maximum Gasteiger partial charge on any atom is 0.193 e. The Morgan fingerprint density at radius 1 is 1.05 bits per heavy atom. The van der Waals surface area contributed by atoms with Crippen molar-refractivity contribution in [2.75, 3.05) is 6.26 Å². The van der Waals surface area contributed by atoms with E-state index in [1.165, 1.54) is 36.4 Å². The van der Waals surface area contributed by atoms with E-state index >= 15 is 0 Å². The molecule has 0 aliphatic rings. The van der Waals surface area contributed by atoms with E-state index in [1.807, 2.05) is 0 Å². The van der Waals surface area contributed by atoms with Crippen LogP contribution in [0.1, 0.15) is 21.5 Å². The molecular weight excluding hydrogens is 279 g/mol. The van der Waals surface area contributed by atoms with E-state index in [0.717, 1.165) is 12.3 Å². The molecule has 0 atom stereocenters. The molecule has 2 aromatic carbocycles. The fourth-order valence-electron chi connectivity index (χ4n) is 1.77. The van der Waals surface area contributed by atoms with Crippen LogP contribution in [-0.4, -0.2) is 20.5 Å². The maximum absolute atomic E-state index is 13.5. The van der Waals surface area contributed by atoms with Gasteiger partial charge in [0.2, 0.25) is 0 Å². The van der Waals surface area contributed by atoms with E-state index in [2.05, 4.69) is 0 Å². The summed E-state index contributed by atoms with van der Waals surface area (Å²) < 4.78 is 36.4. The van der Waals surface area contributed by atoms with Gasteiger partial charge in [-0.1, -0.05) is 24.3 Å². The Morgan fingerprint density at radius 3 is 2.30 bits per heavy atom. The van der Waals surface area contributed by atoms with Crippen LogP contribution in [0, 0.1) is 12.7 Å². The van der Waals surface area contributed by atoms with Crippen molar-refractivity contribution in [3.8, 4) is 0 Å². The molecule has 0 saturated carbocycles. The summed E-state index contributed by atoms with van der Waals surface area (Å²) in [5, 5.41) is 0. The van der Waals surface area contributed by atoms with Crippen molar-refractivity contribution < 1.29 is 17.6 Å². The van der Waals surface area contributed by atoms with Crippen LogP contribution in [0.5, 0.6) is 0 Å². The molecule has 0 amide bonds. The number of carbonyl (C=O) groups is 1. The van der Waals surface area contributed by atoms with Gasteiger partial charge in [-0.2, -0.15) is 0 Å². The summed E-state index contributed by atoms with van der Waals surface area (Å²) >= 11 is 0. The molecule has 5 heteroatoms. The Balaban J connectivity index is 2.46. The van der Waals surface area contributed by atoms with E-state index < -0.39 is 21.4 Å². The minimum Gasteiger partial charge on any atom is -0.289 e. The topological polar surface area (TPSA) is 51.2 Å². The van der Waals surface area contributed by atoms with Gasteiger partial charge in [-0.05, 0) is 30.7 Å². The van der Waals surface area contributed by atoms with Crippen LogP contribution in [0.25, 0.3) is 0 Å². The number of benzene rings is 2. The Kier molecular flexibility index (Phi) is 3.72. The second-order valence-corrected chi connectivity index (χ2v) is 6.61. The summed E-state index contributed by atoms with van der Waals surface area (Å²) in [4.78, 5) is 12.3. The molecule has 2 rings (SSSR count). The molecule has 0 N–H and O–H groups in total. The number of halogens is 1. The molecule has 2 aromatic rings. The highest BCUT2D eigenvalue weighted by molar-refractivity contribution is 7.90. The van der Waals surface area contributed by atoms with Crippen LogP contribution in [0.3, 0.4) is 0 Å². The van der Waals surface area contributed by atoms with E-state index in [1.54, 1.807) is 6.92 Å². The SMILES string of the molecule is Cc1ccc(C(=O)c2cccc(S(C)(=O)=O)c2)cc1F. The van der Waals surface area contributed by atoms with Crippen LogP contribution >= 0.6 is 0 Å². The highest BCUT2D eigenvalue weighted by Crippen LogP contribution is 2.17. The summed E-state index contributed by atoms with van der Waals surface area (Å²) in [6, 6.07) is 9.92. The van der Waals surface area contributed by atoms with Crippen LogP contribution in [0.4, 0.5) is 4.39 Å². The lowest BCUT2D eigenvalue weighted by Gasteiger charge is -2.05. The number of sulfone groups is 1. The molecule has 3 nitrogen and oxygen atoms in total. The van der Waals surface area contributed by atoms with Gasteiger partial charge >= 0.3 is 0 Å². The fraction of sp³-hybridized carbons (Fsp3) is 0.133. The van der Waals surface area contributed by atoms with Gasteiger partial charge in [0.1, 0.15) is 5.82 Å². The molecule has 104 valence electrons. The average Bonchev–Trinajstić information content (AvgIpc) is 2.40. The standard InChI is InChI=1S/C15H13FO3S/c1-10-6-7-12(9-14(10)16)15(17)11-4-3-5-13(8-11)20(2,18)19/h3-9H,1-2H3. The lowest BCUT2D eigenvalue weighted by atomic mass is 10.0. The van der Waals surface area contributed by atoms with Crippen LogP contribution in [0.2, 0.25) is 0 Å². The van der Waals surface area contributed by atoms with Crippen molar-refractivity contribution >= 4 is 15.6 Å². The maximum atomic E-state index is 13.5. The van der Waals surface area contributed by atoms with Gasteiger partial charge in [-0.25, -0.2) is 12.8 Å². The summed E-state index contributed by atoms with van der Waals surface area (Å²) in [6.07, 6.45) is 1.07. The van der Waals surface area contributed by atoms with Gasteiger partial charge in [-0.3, -0.25) is 4.79 Å². The molecule has 0 aromatic heterocycles. The summed E-state index contributed by atoms with van der Waals surface area (Å²) in [5.74, 6) is -0.871. The van der Waals surface area contributed by atoms with Gasteiger partial charge in [0.05, 0.1) is 4.90 Å². The van der Waals surface area contributed by atoms with E-state index in [4.69, 9.17) is 0 Å². The monoisotopic (exact) mass is 292 g/mol. The first-order valence-corrected chi connectivity index (χ1v) is 7.79. The minimum atomic E-state index is -3.38. The first kappa shape index (κ1) is 14.4. The summed E-state index contributed by atoms with van der Waals surface area (Å²) in [5.41, 5.74) is 0.862. The lowest BCUT2D eigenvalue weighted by molar-refractivity contribution is 0.103. The molecule has 0 spiro atoms. The highest BCUT2D eigenvalue weighted by Gasteiger charge is 2.14. The number of ketones is 1. The highest BCUT2D eigenvalue weighted by atomic mass is 32.2. The number of hydrogen-bond donors (Lipinski definition) is 0. The van der Waals surface area contributed by atoms with Crippen molar-refractivity contribution in [3.05, 3.63) is 65.0 Å². The molecular formula is C15H13FO3S. The fourth-order valence-corrected chi connectivity index (χ4v) is 2.44. The predicted molar refractivity (Wildman–Crippen MR) is 74.1 cm³/mol. The third-order valence-electron chi connectivity index (χ3n) is 2.96. The van der Waals surface area contributed by atoms with Crippen LogP contribution in [0.15, 0.2) is 47.4 Å². The van der Waals surface area contributed by atoms with Crippen molar-refractivity contribution in [1.29, 1.82) is 0 Å². The largest absolute Gasteiger partial charge is 0.289 e.